The fraction of sp³-hybridized carbons (Fsp3) is 0.789. The lowest BCUT2D eigenvalue weighted by Crippen LogP contribution is -2.44. The van der Waals surface area contributed by atoms with E-state index in [-0.39, 0.29) is 26.2 Å². The van der Waals surface area contributed by atoms with Crippen molar-refractivity contribution in [2.45, 2.75) is 77.6 Å². The molecular weight excluding hydrogens is 404 g/mol. The van der Waals surface area contributed by atoms with E-state index in [4.69, 9.17) is 15.3 Å². The van der Waals surface area contributed by atoms with E-state index in [9.17, 15) is 24.3 Å². The van der Waals surface area contributed by atoms with Crippen LogP contribution in [0, 0.1) is 0 Å². The number of aliphatic hydroxyl groups is 3. The molecule has 0 saturated heterocycles. The van der Waals surface area contributed by atoms with E-state index in [1.54, 1.807) is 20.8 Å². The van der Waals surface area contributed by atoms with Crippen LogP contribution in [0.15, 0.2) is 0 Å². The van der Waals surface area contributed by atoms with Gasteiger partial charge in [-0.05, 0) is 27.2 Å². The number of carboxylic acids is 1. The van der Waals surface area contributed by atoms with Crippen molar-refractivity contribution in [1.82, 2.24) is 0 Å². The third kappa shape index (κ3) is 13.1. The van der Waals surface area contributed by atoms with E-state index in [0.29, 0.717) is 6.42 Å². The Balaban J connectivity index is 0. The Kier molecular flexibility index (Phi) is 15.6. The zero-order chi connectivity index (χ0) is 23.8. The molecular formula is C19H34O11. The number of rotatable bonds is 13. The standard InChI is InChI=1S/C12H20O7.C7H14O4/c1-4-17-9(13)7-12(16,11(15)19-6-3)8-10(14)18-5-2;1-2-3-4-5-7(10,11)6(8)9/h16H,4-8H2,1-3H3;10-11H,2-5H2,1H3,(H,8,9). The summed E-state index contributed by atoms with van der Waals surface area (Å²) >= 11 is 0. The predicted molar refractivity (Wildman–Crippen MR) is 103 cm³/mol. The van der Waals surface area contributed by atoms with Gasteiger partial charge in [-0.2, -0.15) is 0 Å². The number of hydrogen-bond donors (Lipinski definition) is 4. The smallest absolute Gasteiger partial charge is 0.364 e. The van der Waals surface area contributed by atoms with Crippen LogP contribution >= 0.6 is 0 Å². The Morgan fingerprint density at radius 1 is 0.733 bits per heavy atom. The normalized spacial score (nSPS) is 11.0. The Morgan fingerprint density at radius 2 is 1.17 bits per heavy atom. The van der Waals surface area contributed by atoms with Gasteiger partial charge in [0, 0.05) is 6.42 Å². The highest BCUT2D eigenvalue weighted by atomic mass is 16.6. The van der Waals surface area contributed by atoms with Crippen molar-refractivity contribution in [3.8, 4) is 0 Å². The molecule has 11 heteroatoms. The molecule has 0 unspecified atom stereocenters. The minimum atomic E-state index is -2.53. The highest BCUT2D eigenvalue weighted by molar-refractivity contribution is 5.90. The molecule has 0 fully saturated rings. The van der Waals surface area contributed by atoms with Crippen molar-refractivity contribution in [2.24, 2.45) is 0 Å². The van der Waals surface area contributed by atoms with Gasteiger partial charge in [0.2, 0.25) is 0 Å². The van der Waals surface area contributed by atoms with Crippen LogP contribution in [0.1, 0.15) is 66.2 Å². The molecule has 30 heavy (non-hydrogen) atoms. The number of ether oxygens (including phenoxy) is 3. The third-order valence-electron chi connectivity index (χ3n) is 3.61. The first kappa shape index (κ1) is 30.0. The fourth-order valence-corrected chi connectivity index (χ4v) is 2.10. The summed E-state index contributed by atoms with van der Waals surface area (Å²) in [6.07, 6.45) is 0.856. The second kappa shape index (κ2) is 15.6. The van der Waals surface area contributed by atoms with Crippen molar-refractivity contribution in [3.05, 3.63) is 0 Å². The molecule has 176 valence electrons. The van der Waals surface area contributed by atoms with Gasteiger partial charge in [0.15, 0.2) is 5.60 Å². The van der Waals surface area contributed by atoms with Gasteiger partial charge < -0.3 is 34.6 Å². The highest BCUT2D eigenvalue weighted by Crippen LogP contribution is 2.19. The lowest BCUT2D eigenvalue weighted by Gasteiger charge is -2.23. The number of unbranched alkanes of at least 4 members (excludes halogenated alkanes) is 2. The van der Waals surface area contributed by atoms with E-state index in [1.165, 1.54) is 0 Å². The van der Waals surface area contributed by atoms with Gasteiger partial charge in [-0.3, -0.25) is 9.59 Å². The van der Waals surface area contributed by atoms with Crippen molar-refractivity contribution < 1.29 is 53.8 Å². The molecule has 0 aliphatic heterocycles. The maximum Gasteiger partial charge on any atom is 0.364 e. The maximum absolute atomic E-state index is 11.7. The van der Waals surface area contributed by atoms with Crippen molar-refractivity contribution in [2.75, 3.05) is 19.8 Å². The van der Waals surface area contributed by atoms with Gasteiger partial charge in [-0.25, -0.2) is 9.59 Å². The second-order valence-electron chi connectivity index (χ2n) is 6.29. The lowest BCUT2D eigenvalue weighted by molar-refractivity contribution is -0.205. The summed E-state index contributed by atoms with van der Waals surface area (Å²) in [6, 6.07) is 0. The van der Waals surface area contributed by atoms with E-state index in [2.05, 4.69) is 14.2 Å². The van der Waals surface area contributed by atoms with E-state index in [0.717, 1.165) is 12.8 Å². The Labute approximate surface area is 175 Å². The second-order valence-corrected chi connectivity index (χ2v) is 6.29. The van der Waals surface area contributed by atoms with Crippen LogP contribution in [0.4, 0.5) is 0 Å². The lowest BCUT2D eigenvalue weighted by atomic mass is 9.95. The summed E-state index contributed by atoms with van der Waals surface area (Å²) in [5.74, 6) is -6.73. The molecule has 0 heterocycles. The first-order chi connectivity index (χ1) is 13.9. The molecule has 4 N–H and O–H groups in total. The van der Waals surface area contributed by atoms with Crippen molar-refractivity contribution in [1.29, 1.82) is 0 Å². The third-order valence-corrected chi connectivity index (χ3v) is 3.61. The van der Waals surface area contributed by atoms with Crippen LogP contribution in [-0.4, -0.2) is 75.5 Å². The number of aliphatic carboxylic acids is 1. The summed E-state index contributed by atoms with van der Waals surface area (Å²) in [5, 5.41) is 35.9. The summed E-state index contributed by atoms with van der Waals surface area (Å²) < 4.78 is 14.0. The van der Waals surface area contributed by atoms with Gasteiger partial charge in [-0.15, -0.1) is 0 Å². The minimum Gasteiger partial charge on any atom is -0.477 e. The number of carbonyl (C=O) groups excluding carboxylic acids is 3. The zero-order valence-electron chi connectivity index (χ0n) is 18.0. The molecule has 0 amide bonds. The largest absolute Gasteiger partial charge is 0.477 e. The minimum absolute atomic E-state index is 0.0206. The molecule has 0 radical (unpaired) electrons. The van der Waals surface area contributed by atoms with Crippen LogP contribution in [0.25, 0.3) is 0 Å². The molecule has 0 aromatic rings. The average molecular weight is 438 g/mol. The molecule has 0 spiro atoms. The summed E-state index contributed by atoms with van der Waals surface area (Å²) in [5.41, 5.74) is -2.26. The molecule has 0 saturated carbocycles. The van der Waals surface area contributed by atoms with Crippen LogP contribution in [0.2, 0.25) is 0 Å². The maximum atomic E-state index is 11.7. The number of hydrogen-bond acceptors (Lipinski definition) is 10. The number of esters is 3. The monoisotopic (exact) mass is 438 g/mol. The van der Waals surface area contributed by atoms with Gasteiger partial charge in [0.1, 0.15) is 0 Å². The highest BCUT2D eigenvalue weighted by Gasteiger charge is 2.43. The summed E-state index contributed by atoms with van der Waals surface area (Å²) in [7, 11) is 0. The predicted octanol–water partition coefficient (Wildman–Crippen LogP) is 0.519. The van der Waals surface area contributed by atoms with Gasteiger partial charge >= 0.3 is 23.9 Å². The Morgan fingerprint density at radius 3 is 1.50 bits per heavy atom. The zero-order valence-corrected chi connectivity index (χ0v) is 18.0. The van der Waals surface area contributed by atoms with E-state index < -0.39 is 48.1 Å². The SMILES string of the molecule is CCCCCC(O)(O)C(=O)O.CCOC(=O)CC(O)(CC(=O)OCC)C(=O)OCC. The van der Waals surface area contributed by atoms with Gasteiger partial charge in [0.25, 0.3) is 5.79 Å². The fourth-order valence-electron chi connectivity index (χ4n) is 2.10. The quantitative estimate of drug-likeness (QED) is 0.136. The van der Waals surface area contributed by atoms with Crippen LogP contribution in [0.3, 0.4) is 0 Å². The molecule has 0 aliphatic rings. The molecule has 0 rings (SSSR count). The van der Waals surface area contributed by atoms with Crippen LogP contribution in [-0.2, 0) is 33.4 Å². The summed E-state index contributed by atoms with van der Waals surface area (Å²) in [4.78, 5) is 44.5. The van der Waals surface area contributed by atoms with Crippen LogP contribution < -0.4 is 0 Å². The topological polar surface area (TPSA) is 177 Å². The van der Waals surface area contributed by atoms with E-state index in [1.807, 2.05) is 6.92 Å². The van der Waals surface area contributed by atoms with Crippen LogP contribution in [0.5, 0.6) is 0 Å². The first-order valence-electron chi connectivity index (χ1n) is 9.79. The Hall–Kier alpha value is -2.24. The first-order valence-corrected chi connectivity index (χ1v) is 9.79. The molecule has 0 atom stereocenters. The van der Waals surface area contributed by atoms with Gasteiger partial charge in [-0.1, -0.05) is 19.8 Å². The molecule has 0 bridgehead atoms. The van der Waals surface area contributed by atoms with E-state index >= 15 is 0 Å². The molecule has 0 aliphatic carbocycles. The molecule has 11 nitrogen and oxygen atoms in total. The van der Waals surface area contributed by atoms with Crippen molar-refractivity contribution in [3.63, 3.8) is 0 Å². The summed E-state index contributed by atoms with van der Waals surface area (Å²) in [6.45, 7) is 6.92. The molecule has 0 aromatic carbocycles. The number of carboxylic acid groups (broad SMARTS) is 1. The Bertz CT molecular complexity index is 523. The van der Waals surface area contributed by atoms with Crippen molar-refractivity contribution >= 4 is 23.9 Å². The average Bonchev–Trinajstić information content (AvgIpc) is 2.62. The van der Waals surface area contributed by atoms with Gasteiger partial charge in [0.05, 0.1) is 32.7 Å². The molecule has 0 aromatic heterocycles. The number of carbonyl (C=O) groups is 4.